The number of nitrogens with zero attached hydrogens (tertiary/aromatic N) is 5. The molecule has 6 heteroatoms. The number of benzene rings is 1. The number of thiol groups is 1. The first kappa shape index (κ1) is 11.9. The number of rotatable bonds is 4. The Morgan fingerprint density at radius 3 is 2.29 bits per heavy atom. The summed E-state index contributed by atoms with van der Waals surface area (Å²) < 4.78 is 1.59. The van der Waals surface area contributed by atoms with Crippen LogP contribution in [0.5, 0.6) is 0 Å². The fourth-order valence-electron chi connectivity index (χ4n) is 1.74. The van der Waals surface area contributed by atoms with Crippen molar-refractivity contribution < 1.29 is 0 Å². The fraction of sp³-hybridized carbons (Fsp3) is 0.364. The molecule has 1 heterocycles. The largest absolute Gasteiger partial charge is 0.372 e. The molecule has 0 atom stereocenters. The van der Waals surface area contributed by atoms with Gasteiger partial charge in [0.1, 0.15) is 0 Å². The van der Waals surface area contributed by atoms with Gasteiger partial charge in [-0.3, -0.25) is 0 Å². The lowest BCUT2D eigenvalue weighted by Gasteiger charge is -2.21. The number of tetrazole rings is 1. The van der Waals surface area contributed by atoms with Crippen molar-refractivity contribution in [3.63, 3.8) is 0 Å². The van der Waals surface area contributed by atoms with E-state index in [2.05, 4.69) is 59.0 Å². The first-order valence-corrected chi connectivity index (χ1v) is 6.03. The summed E-state index contributed by atoms with van der Waals surface area (Å²) in [5, 5.41) is 11.7. The van der Waals surface area contributed by atoms with Crippen LogP contribution in [-0.4, -0.2) is 33.3 Å². The molecule has 0 N–H and O–H groups in total. The summed E-state index contributed by atoms with van der Waals surface area (Å²) >= 11 is 4.18. The lowest BCUT2D eigenvalue weighted by atomic mass is 10.2. The van der Waals surface area contributed by atoms with Crippen molar-refractivity contribution in [1.82, 2.24) is 20.2 Å². The maximum absolute atomic E-state index is 4.18. The second-order valence-electron chi connectivity index (χ2n) is 3.58. The second-order valence-corrected chi connectivity index (χ2v) is 3.98. The zero-order valence-electron chi connectivity index (χ0n) is 9.91. The Labute approximate surface area is 106 Å². The molecule has 0 fully saturated rings. The molecule has 5 nitrogen and oxygen atoms in total. The Kier molecular flexibility index (Phi) is 3.63. The van der Waals surface area contributed by atoms with Crippen LogP contribution in [0.4, 0.5) is 5.69 Å². The molecular formula is C11H15N5S. The van der Waals surface area contributed by atoms with Crippen LogP contribution in [0.3, 0.4) is 0 Å². The highest BCUT2D eigenvalue weighted by Gasteiger charge is 2.05. The predicted molar refractivity (Wildman–Crippen MR) is 70.0 cm³/mol. The Hall–Kier alpha value is -1.56. The highest BCUT2D eigenvalue weighted by molar-refractivity contribution is 7.80. The van der Waals surface area contributed by atoms with Gasteiger partial charge in [-0.15, -0.1) is 17.7 Å². The molecule has 0 unspecified atom stereocenters. The minimum atomic E-state index is 0.487. The highest BCUT2D eigenvalue weighted by Crippen LogP contribution is 2.17. The summed E-state index contributed by atoms with van der Waals surface area (Å²) in [5.41, 5.74) is 2.11. The Bertz CT molecular complexity index is 475. The van der Waals surface area contributed by atoms with Gasteiger partial charge in [0.05, 0.1) is 5.69 Å². The molecule has 0 saturated carbocycles. The second kappa shape index (κ2) is 5.18. The van der Waals surface area contributed by atoms with E-state index in [1.807, 2.05) is 12.1 Å². The summed E-state index contributed by atoms with van der Waals surface area (Å²) in [6.45, 7) is 6.28. The van der Waals surface area contributed by atoms with E-state index >= 15 is 0 Å². The fourth-order valence-corrected chi connectivity index (χ4v) is 1.94. The van der Waals surface area contributed by atoms with Gasteiger partial charge in [0, 0.05) is 18.8 Å². The zero-order valence-corrected chi connectivity index (χ0v) is 10.8. The normalized spacial score (nSPS) is 10.5. The van der Waals surface area contributed by atoms with Crippen molar-refractivity contribution in [3.05, 3.63) is 24.3 Å². The van der Waals surface area contributed by atoms with Gasteiger partial charge in [0.15, 0.2) is 0 Å². The summed E-state index contributed by atoms with van der Waals surface area (Å²) in [5.74, 6) is 0. The topological polar surface area (TPSA) is 46.8 Å². The summed E-state index contributed by atoms with van der Waals surface area (Å²) in [7, 11) is 0. The molecule has 1 aromatic heterocycles. The van der Waals surface area contributed by atoms with E-state index in [4.69, 9.17) is 0 Å². The minimum absolute atomic E-state index is 0.487. The van der Waals surface area contributed by atoms with Crippen molar-refractivity contribution in [2.24, 2.45) is 0 Å². The number of anilines is 1. The molecule has 0 aliphatic carbocycles. The molecule has 0 saturated heterocycles. The third-order valence-corrected chi connectivity index (χ3v) is 2.95. The van der Waals surface area contributed by atoms with E-state index in [0.29, 0.717) is 5.16 Å². The molecule has 2 aromatic rings. The van der Waals surface area contributed by atoms with Crippen LogP contribution in [0.15, 0.2) is 29.4 Å². The average Bonchev–Trinajstić information content (AvgIpc) is 2.78. The van der Waals surface area contributed by atoms with Crippen LogP contribution in [0.25, 0.3) is 5.69 Å². The molecule has 0 amide bonds. The molecule has 0 bridgehead atoms. The number of hydrogen-bond donors (Lipinski definition) is 1. The van der Waals surface area contributed by atoms with Crippen molar-refractivity contribution in [1.29, 1.82) is 0 Å². The van der Waals surface area contributed by atoms with Crippen LogP contribution in [0, 0.1) is 0 Å². The molecule has 0 aliphatic heterocycles. The van der Waals surface area contributed by atoms with Gasteiger partial charge in [-0.25, -0.2) is 0 Å². The number of aromatic nitrogens is 4. The van der Waals surface area contributed by atoms with E-state index < -0.39 is 0 Å². The van der Waals surface area contributed by atoms with Crippen molar-refractivity contribution >= 4 is 18.3 Å². The van der Waals surface area contributed by atoms with Gasteiger partial charge in [0.2, 0.25) is 5.16 Å². The molecular weight excluding hydrogens is 234 g/mol. The average molecular weight is 249 g/mol. The van der Waals surface area contributed by atoms with Gasteiger partial charge in [-0.1, -0.05) is 0 Å². The summed E-state index contributed by atoms with van der Waals surface area (Å²) in [4.78, 5) is 2.28. The highest BCUT2D eigenvalue weighted by atomic mass is 32.1. The molecule has 1 aromatic carbocycles. The molecule has 0 aliphatic rings. The monoisotopic (exact) mass is 249 g/mol. The third kappa shape index (κ3) is 2.41. The Morgan fingerprint density at radius 1 is 1.18 bits per heavy atom. The van der Waals surface area contributed by atoms with E-state index in [-0.39, 0.29) is 0 Å². The van der Waals surface area contributed by atoms with Gasteiger partial charge < -0.3 is 4.90 Å². The van der Waals surface area contributed by atoms with Crippen molar-refractivity contribution in [2.45, 2.75) is 19.0 Å². The van der Waals surface area contributed by atoms with Gasteiger partial charge >= 0.3 is 0 Å². The first-order chi connectivity index (χ1) is 8.26. The van der Waals surface area contributed by atoms with Crippen LogP contribution < -0.4 is 4.90 Å². The lowest BCUT2D eigenvalue weighted by molar-refractivity contribution is 0.757. The predicted octanol–water partition coefficient (Wildman–Crippen LogP) is 1.80. The Morgan fingerprint density at radius 2 is 1.82 bits per heavy atom. The molecule has 90 valence electrons. The molecule has 0 spiro atoms. The number of hydrogen-bond acceptors (Lipinski definition) is 5. The minimum Gasteiger partial charge on any atom is -0.372 e. The molecule has 0 radical (unpaired) electrons. The Balaban J connectivity index is 2.27. The van der Waals surface area contributed by atoms with E-state index in [9.17, 15) is 0 Å². The van der Waals surface area contributed by atoms with E-state index in [1.165, 1.54) is 5.69 Å². The maximum atomic E-state index is 4.18. The first-order valence-electron chi connectivity index (χ1n) is 5.59. The summed E-state index contributed by atoms with van der Waals surface area (Å²) in [6, 6.07) is 8.11. The molecule has 2 rings (SSSR count). The van der Waals surface area contributed by atoms with Crippen molar-refractivity contribution in [3.8, 4) is 5.69 Å². The SMILES string of the molecule is CCN(CC)c1ccc(-n2nnnc2S)cc1. The van der Waals surface area contributed by atoms with Crippen LogP contribution in [-0.2, 0) is 0 Å². The maximum Gasteiger partial charge on any atom is 0.211 e. The van der Waals surface area contributed by atoms with E-state index in [1.54, 1.807) is 4.68 Å². The van der Waals surface area contributed by atoms with Crippen LogP contribution in [0.2, 0.25) is 0 Å². The van der Waals surface area contributed by atoms with E-state index in [0.717, 1.165) is 18.8 Å². The quantitative estimate of drug-likeness (QED) is 0.839. The summed E-state index contributed by atoms with van der Waals surface area (Å²) in [6.07, 6.45) is 0. The van der Waals surface area contributed by atoms with Gasteiger partial charge in [-0.05, 0) is 48.5 Å². The lowest BCUT2D eigenvalue weighted by Crippen LogP contribution is -2.21. The standard InChI is InChI=1S/C11H15N5S/c1-3-15(4-2)9-5-7-10(8-6-9)16-11(17)12-13-14-16/h5-8H,3-4H2,1-2H3,(H,12,14,17). The zero-order chi connectivity index (χ0) is 12.3. The van der Waals surface area contributed by atoms with Crippen LogP contribution in [0.1, 0.15) is 13.8 Å². The van der Waals surface area contributed by atoms with Gasteiger partial charge in [-0.2, -0.15) is 4.68 Å². The van der Waals surface area contributed by atoms with Crippen LogP contribution >= 0.6 is 12.6 Å². The smallest absolute Gasteiger partial charge is 0.211 e. The third-order valence-electron chi connectivity index (χ3n) is 2.68. The van der Waals surface area contributed by atoms with Gasteiger partial charge in [0.25, 0.3) is 0 Å². The van der Waals surface area contributed by atoms with Crippen molar-refractivity contribution in [2.75, 3.05) is 18.0 Å². The molecule has 17 heavy (non-hydrogen) atoms.